The smallest absolute Gasteiger partial charge is 0.319 e. The van der Waals surface area contributed by atoms with Crippen LogP contribution in [-0.2, 0) is 26.2 Å². The van der Waals surface area contributed by atoms with E-state index >= 15 is 13.2 Å². The van der Waals surface area contributed by atoms with Crippen LogP contribution in [0.15, 0.2) is 48.7 Å². The number of phenolic OH excluding ortho intramolecular Hbond substituents is 1. The number of rotatable bonds is 12. The first-order valence-corrected chi connectivity index (χ1v) is 27.4. The highest BCUT2D eigenvalue weighted by Gasteiger charge is 2.57. The zero-order valence-electron chi connectivity index (χ0n) is 44.0. The van der Waals surface area contributed by atoms with Crippen molar-refractivity contribution in [2.24, 2.45) is 10.8 Å². The molecule has 3 amide bonds. The summed E-state index contributed by atoms with van der Waals surface area (Å²) in [5.74, 6) is -1.76. The molecular formula is C58H68F3N9O6. The van der Waals surface area contributed by atoms with E-state index in [4.69, 9.17) is 9.72 Å². The Balaban J connectivity index is 0.674. The molecule has 12 rings (SSSR count). The maximum absolute atomic E-state index is 17.2. The Labute approximate surface area is 440 Å². The van der Waals surface area contributed by atoms with Gasteiger partial charge in [-0.15, -0.1) is 0 Å². The van der Waals surface area contributed by atoms with Gasteiger partial charge in [-0.3, -0.25) is 34.5 Å². The van der Waals surface area contributed by atoms with Gasteiger partial charge in [-0.25, -0.2) is 13.2 Å². The van der Waals surface area contributed by atoms with Gasteiger partial charge in [0.05, 0.1) is 23.0 Å². The minimum atomic E-state index is -1.22. The predicted octanol–water partition coefficient (Wildman–Crippen LogP) is 7.74. The van der Waals surface area contributed by atoms with Crippen molar-refractivity contribution in [1.82, 2.24) is 30.1 Å². The van der Waals surface area contributed by atoms with Crippen LogP contribution in [0.3, 0.4) is 0 Å². The topological polar surface area (TPSA) is 168 Å². The number of aryl methyl sites for hydroxylation is 1. The number of amides is 3. The molecule has 2 aliphatic carbocycles. The van der Waals surface area contributed by atoms with Crippen LogP contribution in [0.2, 0.25) is 0 Å². The molecule has 5 aliphatic heterocycles. The van der Waals surface area contributed by atoms with Gasteiger partial charge in [0.1, 0.15) is 40.3 Å². The maximum Gasteiger partial charge on any atom is 0.319 e. The van der Waals surface area contributed by atoms with Crippen LogP contribution in [0.4, 0.5) is 30.4 Å². The van der Waals surface area contributed by atoms with E-state index in [9.17, 15) is 24.6 Å². The number of imide groups is 1. The first kappa shape index (κ1) is 50.7. The predicted molar refractivity (Wildman–Crippen MR) is 283 cm³/mol. The van der Waals surface area contributed by atoms with Crippen LogP contribution in [-0.4, -0.2) is 142 Å². The van der Waals surface area contributed by atoms with Gasteiger partial charge in [0.25, 0.3) is 0 Å². The first-order chi connectivity index (χ1) is 36.2. The highest BCUT2D eigenvalue weighted by atomic mass is 19.1. The largest absolute Gasteiger partial charge is 0.508 e. The van der Waals surface area contributed by atoms with Gasteiger partial charge in [-0.05, 0) is 162 Å². The number of aromatic hydroxyl groups is 1. The van der Waals surface area contributed by atoms with Crippen LogP contribution in [0.1, 0.15) is 103 Å². The molecule has 7 heterocycles. The van der Waals surface area contributed by atoms with Crippen LogP contribution < -0.4 is 24.8 Å². The van der Waals surface area contributed by atoms with Crippen LogP contribution in [0.25, 0.3) is 32.9 Å². The third-order valence-electron chi connectivity index (χ3n) is 18.1. The second-order valence-electron chi connectivity index (χ2n) is 24.3. The number of alkyl halides is 1. The zero-order chi connectivity index (χ0) is 53.1. The minimum absolute atomic E-state index is 0.0000758. The Morgan fingerprint density at radius 1 is 0.855 bits per heavy atom. The van der Waals surface area contributed by atoms with Crippen molar-refractivity contribution in [3.63, 3.8) is 0 Å². The molecule has 1 unspecified atom stereocenters. The van der Waals surface area contributed by atoms with E-state index in [1.54, 1.807) is 17.9 Å². The number of carbonyl (C=O) groups excluding carboxylic acids is 3. The number of aliphatic hydroxyl groups is 1. The van der Waals surface area contributed by atoms with Crippen molar-refractivity contribution in [3.05, 3.63) is 71.4 Å². The minimum Gasteiger partial charge on any atom is -0.508 e. The summed E-state index contributed by atoms with van der Waals surface area (Å²) in [5.41, 5.74) is -0.0283. The number of nitrogens with zero attached hydrogens (tertiary/aromatic N) is 8. The number of carbonyl (C=O) groups is 3. The van der Waals surface area contributed by atoms with Crippen molar-refractivity contribution in [2.75, 3.05) is 86.8 Å². The quantitative estimate of drug-likeness (QED) is 0.104. The Kier molecular flexibility index (Phi) is 12.4. The molecule has 2 saturated carbocycles. The molecule has 0 radical (unpaired) electrons. The van der Waals surface area contributed by atoms with Crippen LogP contribution in [0, 0.1) is 22.5 Å². The molecule has 3 N–H and O–H groups in total. The number of hydrogen-bond acceptors (Lipinski definition) is 13. The SMILES string of the molecule is CCc1c(F)ccc2cc(O)cc(-c3ncc4c(N5CCC[C@@](C)(O)C5)nc(OCC5(CN6CCC7(CC6)CC(F)(CN6CCN(c8ccc9c(c8)C(C)(C)C(=O)N9C8CCC(=O)NC8=O)CC6)C7)CC5)nc4c3F)c12. The fourth-order valence-electron chi connectivity index (χ4n) is 13.9. The van der Waals surface area contributed by atoms with E-state index < -0.39 is 40.3 Å². The van der Waals surface area contributed by atoms with Crippen LogP contribution >= 0.6 is 0 Å². The van der Waals surface area contributed by atoms with Gasteiger partial charge >= 0.3 is 6.01 Å². The number of β-amino-alcohol motifs (C(OH)–C–C–N with tert-alkyl or cyclic N) is 1. The molecule has 0 bridgehead atoms. The second kappa shape index (κ2) is 18.5. The lowest BCUT2D eigenvalue weighted by Gasteiger charge is -2.57. The molecular weight excluding hydrogens is 976 g/mol. The molecule has 2 atom stereocenters. The zero-order valence-corrected chi connectivity index (χ0v) is 44.0. The fourth-order valence-corrected chi connectivity index (χ4v) is 13.9. The Bertz CT molecular complexity index is 3180. The number of nitrogens with one attached hydrogen (secondary N) is 1. The summed E-state index contributed by atoms with van der Waals surface area (Å²) in [7, 11) is 0. The normalized spacial score (nSPS) is 25.0. The molecule has 7 aliphatic rings. The molecule has 6 fully saturated rings. The lowest BCUT2D eigenvalue weighted by Crippen LogP contribution is -2.60. The van der Waals surface area contributed by atoms with Crippen molar-refractivity contribution >= 4 is 56.6 Å². The highest BCUT2D eigenvalue weighted by Crippen LogP contribution is 2.58. The number of aromatic nitrogens is 3. The summed E-state index contributed by atoms with van der Waals surface area (Å²) in [4.78, 5) is 63.0. The van der Waals surface area contributed by atoms with Gasteiger partial charge in [0.15, 0.2) is 5.82 Å². The van der Waals surface area contributed by atoms with Gasteiger partial charge in [0, 0.05) is 87.3 Å². The Morgan fingerprint density at radius 3 is 2.32 bits per heavy atom. The molecule has 76 heavy (non-hydrogen) atoms. The summed E-state index contributed by atoms with van der Waals surface area (Å²) < 4.78 is 55.4. The van der Waals surface area contributed by atoms with E-state index in [1.807, 2.05) is 37.8 Å². The summed E-state index contributed by atoms with van der Waals surface area (Å²) in [5, 5.41) is 25.7. The monoisotopic (exact) mass is 1040 g/mol. The molecule has 2 aromatic heterocycles. The number of fused-ring (bicyclic) bond motifs is 3. The molecule has 4 saturated heterocycles. The average molecular weight is 1040 g/mol. The van der Waals surface area contributed by atoms with E-state index in [0.29, 0.717) is 91.4 Å². The molecule has 1 spiro atoms. The Hall–Kier alpha value is -6.11. The van der Waals surface area contributed by atoms with Crippen molar-refractivity contribution < 1.29 is 42.5 Å². The number of ether oxygens (including phenoxy) is 1. The average Bonchev–Trinajstić information content (AvgIpc) is 4.21. The van der Waals surface area contributed by atoms with Crippen LogP contribution in [0.5, 0.6) is 11.8 Å². The van der Waals surface area contributed by atoms with E-state index in [-0.39, 0.29) is 64.1 Å². The molecule has 15 nitrogen and oxygen atoms in total. The number of piperazine rings is 1. The van der Waals surface area contributed by atoms with Gasteiger partial charge < -0.3 is 29.6 Å². The number of phenols is 1. The first-order valence-electron chi connectivity index (χ1n) is 27.4. The van der Waals surface area contributed by atoms with Gasteiger partial charge in [-0.2, -0.15) is 9.97 Å². The number of hydrogen-bond donors (Lipinski definition) is 3. The van der Waals surface area contributed by atoms with E-state index in [2.05, 4.69) is 36.1 Å². The van der Waals surface area contributed by atoms with Crippen molar-refractivity contribution in [1.29, 1.82) is 0 Å². The Morgan fingerprint density at radius 2 is 1.61 bits per heavy atom. The third kappa shape index (κ3) is 9.08. The summed E-state index contributed by atoms with van der Waals surface area (Å²) >= 11 is 0. The number of pyridine rings is 1. The van der Waals surface area contributed by atoms with E-state index in [1.165, 1.54) is 24.4 Å². The standard InChI is InChI=1S/C58H68F3N9O6/c1-5-38-42(59)9-7-35-25-37(71)27-39(46(35)38)48-47(60)49-40(28-62-48)50(69-18-6-13-55(4,75)31-69)65-53(64-49)76-34-57(14-15-57)32-66-19-16-56(17-20-66)29-58(61,30-56)33-67-21-23-68(24-22-67)36-8-10-43-41(26-36)54(2,3)52(74)70(43)44-11-12-45(72)63-51(44)73/h7-10,25-28,44,71,75H,5-6,11-24,29-34H2,1-4H3,(H,63,72,73)/t44?,55-/m1/s1. The third-order valence-corrected chi connectivity index (χ3v) is 18.1. The lowest BCUT2D eigenvalue weighted by molar-refractivity contribution is -0.136. The maximum atomic E-state index is 17.2. The number of benzene rings is 3. The lowest BCUT2D eigenvalue weighted by atomic mass is 9.55. The summed E-state index contributed by atoms with van der Waals surface area (Å²) in [6.07, 6.45) is 8.61. The van der Waals surface area contributed by atoms with Gasteiger partial charge in [-0.1, -0.05) is 13.0 Å². The number of anilines is 3. The summed E-state index contributed by atoms with van der Waals surface area (Å²) in [6.45, 7) is 14.5. The van der Waals surface area contributed by atoms with E-state index in [0.717, 1.165) is 82.7 Å². The fraction of sp³-hybridized carbons (Fsp3) is 0.552. The second-order valence-corrected chi connectivity index (χ2v) is 24.3. The summed E-state index contributed by atoms with van der Waals surface area (Å²) in [6, 6.07) is 11.2. The highest BCUT2D eigenvalue weighted by molar-refractivity contribution is 6.14. The van der Waals surface area contributed by atoms with Crippen molar-refractivity contribution in [2.45, 2.75) is 121 Å². The molecule has 18 heteroatoms. The van der Waals surface area contributed by atoms with Crippen molar-refractivity contribution in [3.8, 4) is 23.0 Å². The molecule has 5 aromatic rings. The molecule has 3 aromatic carbocycles. The number of halogens is 3. The number of likely N-dealkylation sites (tertiary alicyclic amines) is 1. The van der Waals surface area contributed by atoms with Gasteiger partial charge in [0.2, 0.25) is 17.7 Å². The number of piperidine rings is 3. The molecule has 402 valence electrons.